The monoisotopic (exact) mass is 263 g/mol. The van der Waals surface area contributed by atoms with Gasteiger partial charge in [-0.25, -0.2) is 0 Å². The molecule has 1 saturated heterocycles. The van der Waals surface area contributed by atoms with Crippen molar-refractivity contribution in [3.05, 3.63) is 39.9 Å². The van der Waals surface area contributed by atoms with Gasteiger partial charge in [-0.05, 0) is 31.2 Å². The van der Waals surface area contributed by atoms with Gasteiger partial charge >= 0.3 is 0 Å². The van der Waals surface area contributed by atoms with E-state index in [1.165, 1.54) is 44.3 Å². The molecule has 0 atom stereocenters. The van der Waals surface area contributed by atoms with Crippen molar-refractivity contribution in [2.75, 3.05) is 26.7 Å². The van der Waals surface area contributed by atoms with Gasteiger partial charge in [-0.3, -0.25) is 10.1 Å². The van der Waals surface area contributed by atoms with Crippen LogP contribution < -0.4 is 0 Å². The molecule has 0 aliphatic carbocycles. The zero-order chi connectivity index (χ0) is 13.7. The molecule has 1 aromatic carbocycles. The minimum Gasteiger partial charge on any atom is -0.326 e. The summed E-state index contributed by atoms with van der Waals surface area (Å²) in [6, 6.07) is 7.00. The van der Waals surface area contributed by atoms with E-state index in [4.69, 9.17) is 0 Å². The maximum absolute atomic E-state index is 10.6. The van der Waals surface area contributed by atoms with Crippen molar-refractivity contribution in [3.63, 3.8) is 0 Å². The van der Waals surface area contributed by atoms with E-state index in [9.17, 15) is 10.1 Å². The van der Waals surface area contributed by atoms with Crippen LogP contribution in [0.3, 0.4) is 0 Å². The standard InChI is InChI=1S/C15H23N2O2/c1-17(11-4-2-3-5-12-17)13-10-14-6-8-15(9-7-14)16(18)19/h6-9H,2-5,10-13H2,1H3/q+1. The first-order valence-electron chi connectivity index (χ1n) is 7.16. The fourth-order valence-corrected chi connectivity index (χ4v) is 2.86. The molecule has 1 aliphatic heterocycles. The number of non-ortho nitro benzene ring substituents is 1. The molecule has 0 amide bonds. The number of likely N-dealkylation sites (N-methyl/N-ethyl adjacent to an activating group) is 1. The first-order valence-corrected chi connectivity index (χ1v) is 7.16. The van der Waals surface area contributed by atoms with E-state index in [0.717, 1.165) is 17.4 Å². The van der Waals surface area contributed by atoms with E-state index in [0.29, 0.717) is 0 Å². The van der Waals surface area contributed by atoms with Gasteiger partial charge in [-0.1, -0.05) is 12.1 Å². The predicted molar refractivity (Wildman–Crippen MR) is 76.1 cm³/mol. The highest BCUT2D eigenvalue weighted by molar-refractivity contribution is 5.32. The Morgan fingerprint density at radius 3 is 2.21 bits per heavy atom. The highest BCUT2D eigenvalue weighted by Crippen LogP contribution is 2.18. The molecule has 19 heavy (non-hydrogen) atoms. The first-order chi connectivity index (χ1) is 9.09. The van der Waals surface area contributed by atoms with Gasteiger partial charge in [0.15, 0.2) is 0 Å². The normalized spacial score (nSPS) is 18.8. The van der Waals surface area contributed by atoms with Crippen LogP contribution in [0.1, 0.15) is 31.2 Å². The number of quaternary nitrogens is 1. The van der Waals surface area contributed by atoms with Gasteiger partial charge in [0, 0.05) is 18.6 Å². The summed E-state index contributed by atoms with van der Waals surface area (Å²) in [6.45, 7) is 3.68. The van der Waals surface area contributed by atoms with Crippen LogP contribution in [-0.2, 0) is 6.42 Å². The largest absolute Gasteiger partial charge is 0.326 e. The van der Waals surface area contributed by atoms with Crippen molar-refractivity contribution in [1.82, 2.24) is 0 Å². The van der Waals surface area contributed by atoms with E-state index >= 15 is 0 Å². The van der Waals surface area contributed by atoms with Crippen molar-refractivity contribution >= 4 is 5.69 Å². The lowest BCUT2D eigenvalue weighted by atomic mass is 10.1. The zero-order valence-electron chi connectivity index (χ0n) is 11.7. The van der Waals surface area contributed by atoms with Crippen molar-refractivity contribution < 1.29 is 9.41 Å². The van der Waals surface area contributed by atoms with Gasteiger partial charge < -0.3 is 4.48 Å². The molecule has 4 heteroatoms. The third kappa shape index (κ3) is 4.03. The second kappa shape index (κ2) is 6.15. The number of likely N-dealkylation sites (tertiary alicyclic amines) is 1. The van der Waals surface area contributed by atoms with Crippen LogP contribution in [-0.4, -0.2) is 36.1 Å². The van der Waals surface area contributed by atoms with Crippen LogP contribution >= 0.6 is 0 Å². The Morgan fingerprint density at radius 1 is 1.11 bits per heavy atom. The molecule has 0 bridgehead atoms. The second-order valence-electron chi connectivity index (χ2n) is 5.88. The summed E-state index contributed by atoms with van der Waals surface area (Å²) in [6.07, 6.45) is 6.40. The van der Waals surface area contributed by atoms with Gasteiger partial charge in [-0.15, -0.1) is 0 Å². The Balaban J connectivity index is 1.92. The van der Waals surface area contributed by atoms with Crippen LogP contribution in [0.5, 0.6) is 0 Å². The van der Waals surface area contributed by atoms with Crippen molar-refractivity contribution in [2.24, 2.45) is 0 Å². The van der Waals surface area contributed by atoms with Gasteiger partial charge in [0.25, 0.3) is 5.69 Å². The minimum atomic E-state index is -0.341. The summed E-state index contributed by atoms with van der Waals surface area (Å²) < 4.78 is 1.15. The third-order valence-corrected chi connectivity index (χ3v) is 4.23. The number of hydrogen-bond donors (Lipinski definition) is 0. The summed E-state index contributed by atoms with van der Waals surface area (Å²) in [7, 11) is 2.34. The molecule has 0 spiro atoms. The number of nitro groups is 1. The summed E-state index contributed by atoms with van der Waals surface area (Å²) in [5.41, 5.74) is 1.38. The molecule has 0 N–H and O–H groups in total. The fourth-order valence-electron chi connectivity index (χ4n) is 2.86. The smallest absolute Gasteiger partial charge is 0.269 e. The molecule has 0 aromatic heterocycles. The maximum Gasteiger partial charge on any atom is 0.269 e. The van der Waals surface area contributed by atoms with Crippen LogP contribution in [0, 0.1) is 10.1 Å². The molecule has 1 heterocycles. The lowest BCUT2D eigenvalue weighted by molar-refractivity contribution is -0.908. The van der Waals surface area contributed by atoms with Gasteiger partial charge in [-0.2, -0.15) is 0 Å². The third-order valence-electron chi connectivity index (χ3n) is 4.23. The molecule has 0 unspecified atom stereocenters. The maximum atomic E-state index is 10.6. The van der Waals surface area contributed by atoms with Gasteiger partial charge in [0.1, 0.15) is 0 Å². The molecule has 104 valence electrons. The zero-order valence-corrected chi connectivity index (χ0v) is 11.7. The summed E-state index contributed by atoms with van der Waals surface area (Å²) in [5.74, 6) is 0. The Labute approximate surface area is 114 Å². The van der Waals surface area contributed by atoms with E-state index in [2.05, 4.69) is 7.05 Å². The van der Waals surface area contributed by atoms with Crippen LogP contribution in [0.25, 0.3) is 0 Å². The summed E-state index contributed by atoms with van der Waals surface area (Å²) in [5, 5.41) is 10.6. The SMILES string of the molecule is C[N+]1(CCc2ccc([N+](=O)[O-])cc2)CCCCCC1. The quantitative estimate of drug-likeness (QED) is 0.476. The fraction of sp³-hybridized carbons (Fsp3) is 0.600. The Kier molecular flexibility index (Phi) is 4.53. The molecule has 1 aromatic rings. The minimum absolute atomic E-state index is 0.180. The molecular formula is C15H23N2O2+. The van der Waals surface area contributed by atoms with Crippen molar-refractivity contribution in [3.8, 4) is 0 Å². The summed E-state index contributed by atoms with van der Waals surface area (Å²) in [4.78, 5) is 10.3. The second-order valence-corrected chi connectivity index (χ2v) is 5.88. The molecule has 1 fully saturated rings. The van der Waals surface area contributed by atoms with Crippen LogP contribution in [0.15, 0.2) is 24.3 Å². The highest BCUT2D eigenvalue weighted by Gasteiger charge is 2.22. The van der Waals surface area contributed by atoms with E-state index < -0.39 is 0 Å². The molecular weight excluding hydrogens is 240 g/mol. The van der Waals surface area contributed by atoms with Crippen LogP contribution in [0.4, 0.5) is 5.69 Å². The lowest BCUT2D eigenvalue weighted by Gasteiger charge is -2.33. The number of benzene rings is 1. The predicted octanol–water partition coefficient (Wildman–Crippen LogP) is 3.16. The number of hydrogen-bond acceptors (Lipinski definition) is 2. The average molecular weight is 263 g/mol. The van der Waals surface area contributed by atoms with Gasteiger partial charge in [0.2, 0.25) is 0 Å². The first kappa shape index (κ1) is 14.0. The number of nitrogens with zero attached hydrogens (tertiary/aromatic N) is 2. The molecule has 4 nitrogen and oxygen atoms in total. The average Bonchev–Trinajstić information content (AvgIpc) is 2.62. The van der Waals surface area contributed by atoms with E-state index in [1.807, 2.05) is 12.1 Å². The topological polar surface area (TPSA) is 43.1 Å². The van der Waals surface area contributed by atoms with Crippen molar-refractivity contribution in [2.45, 2.75) is 32.1 Å². The summed E-state index contributed by atoms with van der Waals surface area (Å²) >= 11 is 0. The Bertz CT molecular complexity index is 420. The molecule has 0 radical (unpaired) electrons. The number of rotatable bonds is 4. The Hall–Kier alpha value is -1.42. The van der Waals surface area contributed by atoms with Gasteiger partial charge in [0.05, 0.1) is 31.6 Å². The number of nitro benzene ring substituents is 1. The van der Waals surface area contributed by atoms with E-state index in [1.54, 1.807) is 12.1 Å². The Morgan fingerprint density at radius 2 is 1.68 bits per heavy atom. The lowest BCUT2D eigenvalue weighted by Crippen LogP contribution is -2.46. The molecule has 2 rings (SSSR count). The highest BCUT2D eigenvalue weighted by atomic mass is 16.6. The van der Waals surface area contributed by atoms with E-state index in [-0.39, 0.29) is 10.6 Å². The van der Waals surface area contributed by atoms with Crippen LogP contribution in [0.2, 0.25) is 0 Å². The van der Waals surface area contributed by atoms with Crippen molar-refractivity contribution in [1.29, 1.82) is 0 Å². The molecule has 1 aliphatic rings. The molecule has 0 saturated carbocycles.